The third-order valence-electron chi connectivity index (χ3n) is 6.09. The van der Waals surface area contributed by atoms with E-state index in [4.69, 9.17) is 17.3 Å². The second-order valence-electron chi connectivity index (χ2n) is 8.32. The molecule has 2 aromatic heterocycles. The van der Waals surface area contributed by atoms with E-state index in [1.54, 1.807) is 29.0 Å². The standard InChI is InChI=1S/C25H18ClF3N4O2/c26-16-5-7-19(30)18(11-16)15-9-17-6-8-21(33(17)22(34)10-15)24-31-12-20(32-24)13-1-3-14(4-2-13)23(35)25(27,28)29/h1-5,7,9-12,21H,6,8,30H2,(H,31,32)/t21-/m0/s1. The first-order valence-electron chi connectivity index (χ1n) is 10.7. The summed E-state index contributed by atoms with van der Waals surface area (Å²) in [6.45, 7) is 0. The van der Waals surface area contributed by atoms with Gasteiger partial charge in [-0.3, -0.25) is 9.59 Å². The van der Waals surface area contributed by atoms with Crippen LogP contribution in [0.1, 0.15) is 34.3 Å². The number of carbonyl (C=O) groups is 1. The van der Waals surface area contributed by atoms with Crippen molar-refractivity contribution < 1.29 is 18.0 Å². The molecule has 0 aliphatic carbocycles. The van der Waals surface area contributed by atoms with Crippen LogP contribution in [0.2, 0.25) is 5.02 Å². The normalized spacial score (nSPS) is 15.3. The molecule has 178 valence electrons. The lowest BCUT2D eigenvalue weighted by Gasteiger charge is -2.14. The van der Waals surface area contributed by atoms with Gasteiger partial charge in [-0.15, -0.1) is 0 Å². The molecule has 0 bridgehead atoms. The van der Waals surface area contributed by atoms with E-state index in [2.05, 4.69) is 9.97 Å². The lowest BCUT2D eigenvalue weighted by atomic mass is 10.0. The molecule has 6 nitrogen and oxygen atoms in total. The molecule has 1 aliphatic heterocycles. The van der Waals surface area contributed by atoms with E-state index in [-0.39, 0.29) is 11.6 Å². The van der Waals surface area contributed by atoms with Crippen molar-refractivity contribution in [1.29, 1.82) is 0 Å². The predicted octanol–water partition coefficient (Wildman–Crippen LogP) is 5.42. The smallest absolute Gasteiger partial charge is 0.398 e. The van der Waals surface area contributed by atoms with Crippen LogP contribution in [0, 0.1) is 0 Å². The number of hydrogen-bond acceptors (Lipinski definition) is 4. The van der Waals surface area contributed by atoms with Gasteiger partial charge in [0.2, 0.25) is 0 Å². The number of anilines is 1. The molecule has 0 spiro atoms. The molecular formula is C25H18ClF3N4O2. The number of nitrogens with zero attached hydrogens (tertiary/aromatic N) is 2. The highest BCUT2D eigenvalue weighted by Gasteiger charge is 2.39. The number of imidazole rings is 1. The highest BCUT2D eigenvalue weighted by molar-refractivity contribution is 6.31. The van der Waals surface area contributed by atoms with Gasteiger partial charge in [-0.05, 0) is 48.2 Å². The number of nitrogens with one attached hydrogen (secondary N) is 1. The number of carbonyl (C=O) groups excluding carboxylic acids is 1. The third kappa shape index (κ3) is 4.23. The molecule has 0 radical (unpaired) electrons. The molecule has 1 aliphatic rings. The SMILES string of the molecule is Nc1ccc(Cl)cc1-c1cc2n(c(=O)c1)[C@H](c1ncc(-c3ccc(C(=O)C(F)(F)F)cc3)[nH]1)CC2. The van der Waals surface area contributed by atoms with Gasteiger partial charge in [0.05, 0.1) is 17.9 Å². The highest BCUT2D eigenvalue weighted by atomic mass is 35.5. The zero-order chi connectivity index (χ0) is 24.9. The summed E-state index contributed by atoms with van der Waals surface area (Å²) in [7, 11) is 0. The van der Waals surface area contributed by atoms with Gasteiger partial charge >= 0.3 is 6.18 Å². The predicted molar refractivity (Wildman–Crippen MR) is 126 cm³/mol. The van der Waals surface area contributed by atoms with Crippen LogP contribution in [0.5, 0.6) is 0 Å². The summed E-state index contributed by atoms with van der Waals surface area (Å²) in [6, 6.07) is 13.3. The second-order valence-corrected chi connectivity index (χ2v) is 8.75. The minimum absolute atomic E-state index is 0.202. The quantitative estimate of drug-likeness (QED) is 0.290. The van der Waals surface area contributed by atoms with Crippen LogP contribution >= 0.6 is 11.6 Å². The number of halogens is 4. The molecule has 3 N–H and O–H groups in total. The number of hydrogen-bond donors (Lipinski definition) is 2. The van der Waals surface area contributed by atoms with E-state index < -0.39 is 17.5 Å². The van der Waals surface area contributed by atoms with Gasteiger partial charge in [0.1, 0.15) is 5.82 Å². The Balaban J connectivity index is 1.43. The van der Waals surface area contributed by atoms with E-state index in [0.29, 0.717) is 51.8 Å². The Hall–Kier alpha value is -3.85. The Morgan fingerprint density at radius 3 is 2.54 bits per heavy atom. The third-order valence-corrected chi connectivity index (χ3v) is 6.32. The first-order valence-corrected chi connectivity index (χ1v) is 11.1. The number of fused-ring (bicyclic) bond motifs is 1. The summed E-state index contributed by atoms with van der Waals surface area (Å²) in [6.07, 6.45) is -2.07. The lowest BCUT2D eigenvalue weighted by Crippen LogP contribution is -2.23. The highest BCUT2D eigenvalue weighted by Crippen LogP contribution is 2.34. The lowest BCUT2D eigenvalue weighted by molar-refractivity contribution is -0.0885. The van der Waals surface area contributed by atoms with Crippen molar-refractivity contribution in [2.24, 2.45) is 0 Å². The van der Waals surface area contributed by atoms with Gasteiger partial charge < -0.3 is 15.3 Å². The molecule has 1 atom stereocenters. The molecule has 0 unspecified atom stereocenters. The van der Waals surface area contributed by atoms with Crippen LogP contribution in [0.25, 0.3) is 22.4 Å². The maximum Gasteiger partial charge on any atom is 0.454 e. The number of benzene rings is 2. The van der Waals surface area contributed by atoms with Crippen molar-refractivity contribution in [3.63, 3.8) is 0 Å². The summed E-state index contributed by atoms with van der Waals surface area (Å²) in [5.74, 6) is -1.33. The maximum absolute atomic E-state index is 13.1. The molecule has 3 heterocycles. The average Bonchev–Trinajstić information content (AvgIpc) is 3.47. The molecule has 0 amide bonds. The van der Waals surface area contributed by atoms with Crippen LogP contribution in [0.4, 0.5) is 18.9 Å². The minimum atomic E-state index is -4.93. The van der Waals surface area contributed by atoms with Gasteiger partial charge in [-0.2, -0.15) is 13.2 Å². The van der Waals surface area contributed by atoms with Crippen molar-refractivity contribution >= 4 is 23.1 Å². The van der Waals surface area contributed by atoms with Gasteiger partial charge in [0, 0.05) is 33.6 Å². The largest absolute Gasteiger partial charge is 0.454 e. The van der Waals surface area contributed by atoms with Gasteiger partial charge in [0.25, 0.3) is 11.3 Å². The Morgan fingerprint density at radius 2 is 1.83 bits per heavy atom. The van der Waals surface area contributed by atoms with Gasteiger partial charge in [-0.25, -0.2) is 4.98 Å². The van der Waals surface area contributed by atoms with Crippen LogP contribution in [-0.4, -0.2) is 26.5 Å². The zero-order valence-corrected chi connectivity index (χ0v) is 18.8. The number of alkyl halides is 3. The van der Waals surface area contributed by atoms with E-state index >= 15 is 0 Å². The molecule has 0 saturated carbocycles. The summed E-state index contributed by atoms with van der Waals surface area (Å²) in [4.78, 5) is 32.1. The fourth-order valence-corrected chi connectivity index (χ4v) is 4.58. The maximum atomic E-state index is 13.1. The number of pyridine rings is 1. The van der Waals surface area contributed by atoms with Crippen molar-refractivity contribution in [3.8, 4) is 22.4 Å². The number of nitrogen functional groups attached to an aromatic ring is 1. The van der Waals surface area contributed by atoms with E-state index in [0.717, 1.165) is 17.8 Å². The van der Waals surface area contributed by atoms with Gasteiger partial charge in [-0.1, -0.05) is 35.9 Å². The molecule has 2 aromatic carbocycles. The topological polar surface area (TPSA) is 93.8 Å². The summed E-state index contributed by atoms with van der Waals surface area (Å²) in [5.41, 5.74) is 9.32. The number of aryl methyl sites for hydroxylation is 1. The fourth-order valence-electron chi connectivity index (χ4n) is 4.41. The summed E-state index contributed by atoms with van der Waals surface area (Å²) < 4.78 is 39.6. The van der Waals surface area contributed by atoms with E-state index in [9.17, 15) is 22.8 Å². The first kappa shape index (κ1) is 22.9. The molecule has 4 aromatic rings. The molecular weight excluding hydrogens is 481 g/mol. The number of rotatable bonds is 4. The number of aromatic amines is 1. The Bertz CT molecular complexity index is 1510. The van der Waals surface area contributed by atoms with Crippen LogP contribution in [-0.2, 0) is 6.42 Å². The number of Topliss-reactive ketones (excluding diaryl/α,β-unsaturated/α-hetero) is 1. The van der Waals surface area contributed by atoms with Crippen LogP contribution in [0.3, 0.4) is 0 Å². The number of ketones is 1. The van der Waals surface area contributed by atoms with Crippen molar-refractivity contribution in [3.05, 3.63) is 93.3 Å². The van der Waals surface area contributed by atoms with E-state index in [1.807, 2.05) is 6.07 Å². The summed E-state index contributed by atoms with van der Waals surface area (Å²) >= 11 is 6.11. The zero-order valence-electron chi connectivity index (χ0n) is 18.1. The Morgan fingerprint density at radius 1 is 1.09 bits per heavy atom. The molecule has 5 rings (SSSR count). The average molecular weight is 499 g/mol. The molecule has 10 heteroatoms. The Kier molecular flexibility index (Phi) is 5.52. The number of aromatic nitrogens is 3. The van der Waals surface area contributed by atoms with Gasteiger partial charge in [0.15, 0.2) is 0 Å². The number of nitrogens with two attached hydrogens (primary N) is 1. The Labute approximate surface area is 202 Å². The number of H-pyrrole nitrogens is 1. The molecule has 0 fully saturated rings. The minimum Gasteiger partial charge on any atom is -0.398 e. The fraction of sp³-hybridized carbons (Fsp3) is 0.160. The van der Waals surface area contributed by atoms with Crippen molar-refractivity contribution in [2.45, 2.75) is 25.1 Å². The molecule has 35 heavy (non-hydrogen) atoms. The second kappa shape index (κ2) is 8.42. The summed E-state index contributed by atoms with van der Waals surface area (Å²) in [5, 5.41) is 0.520. The molecule has 0 saturated heterocycles. The van der Waals surface area contributed by atoms with Crippen LogP contribution < -0.4 is 11.3 Å². The van der Waals surface area contributed by atoms with Crippen molar-refractivity contribution in [1.82, 2.24) is 14.5 Å². The van der Waals surface area contributed by atoms with Crippen LogP contribution in [0.15, 0.2) is 65.6 Å². The van der Waals surface area contributed by atoms with E-state index in [1.165, 1.54) is 18.2 Å². The monoisotopic (exact) mass is 498 g/mol. The van der Waals surface area contributed by atoms with Crippen molar-refractivity contribution in [2.75, 3.05) is 5.73 Å². The first-order chi connectivity index (χ1) is 16.6.